The molecule has 1 saturated heterocycles. The highest BCUT2D eigenvalue weighted by Gasteiger charge is 2.34. The van der Waals surface area contributed by atoms with E-state index in [4.69, 9.17) is 0 Å². The van der Waals surface area contributed by atoms with Gasteiger partial charge in [0.2, 0.25) is 5.91 Å². The molecule has 2 aromatic heterocycles. The van der Waals surface area contributed by atoms with E-state index in [0.29, 0.717) is 11.6 Å². The van der Waals surface area contributed by atoms with Gasteiger partial charge < -0.3 is 0 Å². The Morgan fingerprint density at radius 3 is 2.83 bits per heavy atom. The quantitative estimate of drug-likeness (QED) is 0.819. The van der Waals surface area contributed by atoms with Crippen molar-refractivity contribution in [3.8, 4) is 0 Å². The molecule has 0 radical (unpaired) electrons. The average Bonchev–Trinajstić information content (AvgIpc) is 2.83. The molecular weight excluding hydrogens is 248 g/mol. The van der Waals surface area contributed by atoms with Gasteiger partial charge in [0.25, 0.3) is 0 Å². The van der Waals surface area contributed by atoms with Crippen LogP contribution in [0.1, 0.15) is 10.9 Å². The van der Waals surface area contributed by atoms with Crippen LogP contribution < -0.4 is 4.90 Å². The van der Waals surface area contributed by atoms with Gasteiger partial charge in [-0.1, -0.05) is 6.07 Å². The van der Waals surface area contributed by atoms with Crippen molar-refractivity contribution in [3.05, 3.63) is 48.7 Å². The highest BCUT2D eigenvalue weighted by Crippen LogP contribution is 2.40. The van der Waals surface area contributed by atoms with Crippen LogP contribution in [0.15, 0.2) is 43.1 Å². The smallest absolute Gasteiger partial charge is 0.239 e. The summed E-state index contributed by atoms with van der Waals surface area (Å²) in [6.07, 6.45) is 8.28. The molecule has 3 rings (SSSR count). The molecule has 0 bridgehead atoms. The lowest BCUT2D eigenvalue weighted by Crippen LogP contribution is -2.28. The number of aromatic nitrogens is 3. The molecule has 0 saturated carbocycles. The molecule has 3 heterocycles. The third kappa shape index (κ3) is 1.95. The molecular formula is C12H10N4OS. The lowest BCUT2D eigenvalue weighted by molar-refractivity contribution is -0.115. The largest absolute Gasteiger partial charge is 0.278 e. The molecule has 1 atom stereocenters. The van der Waals surface area contributed by atoms with E-state index in [9.17, 15) is 4.79 Å². The molecule has 1 aliphatic heterocycles. The Balaban J connectivity index is 1.98. The van der Waals surface area contributed by atoms with Crippen molar-refractivity contribution in [2.45, 2.75) is 5.37 Å². The second-order valence-corrected chi connectivity index (χ2v) is 4.85. The average molecular weight is 258 g/mol. The number of rotatable bonds is 2. The minimum Gasteiger partial charge on any atom is -0.278 e. The van der Waals surface area contributed by atoms with Crippen LogP contribution in [0.25, 0.3) is 0 Å². The summed E-state index contributed by atoms with van der Waals surface area (Å²) in [7, 11) is 0. The van der Waals surface area contributed by atoms with E-state index in [1.807, 2.05) is 12.1 Å². The zero-order valence-corrected chi connectivity index (χ0v) is 10.2. The molecule has 1 aliphatic rings. The van der Waals surface area contributed by atoms with Crippen molar-refractivity contribution in [2.24, 2.45) is 0 Å². The Morgan fingerprint density at radius 2 is 2.11 bits per heavy atom. The molecule has 6 heteroatoms. The van der Waals surface area contributed by atoms with E-state index in [1.54, 1.807) is 47.6 Å². The zero-order valence-electron chi connectivity index (χ0n) is 9.43. The van der Waals surface area contributed by atoms with Gasteiger partial charge in [-0.15, -0.1) is 11.8 Å². The monoisotopic (exact) mass is 258 g/mol. The maximum Gasteiger partial charge on any atom is 0.239 e. The minimum absolute atomic E-state index is 0.0503. The van der Waals surface area contributed by atoms with Gasteiger partial charge in [-0.05, 0) is 6.07 Å². The van der Waals surface area contributed by atoms with E-state index in [0.717, 1.165) is 5.56 Å². The molecule has 1 amide bonds. The summed E-state index contributed by atoms with van der Waals surface area (Å²) in [5.74, 6) is 1.09. The highest BCUT2D eigenvalue weighted by atomic mass is 32.2. The Labute approximate surface area is 108 Å². The second-order valence-electron chi connectivity index (χ2n) is 3.78. The van der Waals surface area contributed by atoms with Crippen LogP contribution in [0.4, 0.5) is 5.82 Å². The molecule has 5 nitrogen and oxygen atoms in total. The fourth-order valence-electron chi connectivity index (χ4n) is 1.86. The first-order valence-corrected chi connectivity index (χ1v) is 6.51. The molecule has 1 unspecified atom stereocenters. The second kappa shape index (κ2) is 4.73. The summed E-state index contributed by atoms with van der Waals surface area (Å²) >= 11 is 1.58. The van der Waals surface area contributed by atoms with Crippen LogP contribution in [0, 0.1) is 0 Å². The van der Waals surface area contributed by atoms with Crippen molar-refractivity contribution in [1.29, 1.82) is 0 Å². The number of nitrogens with zero attached hydrogens (tertiary/aromatic N) is 4. The van der Waals surface area contributed by atoms with Gasteiger partial charge in [-0.25, -0.2) is 4.98 Å². The first-order chi connectivity index (χ1) is 8.86. The first kappa shape index (κ1) is 11.2. The summed E-state index contributed by atoms with van der Waals surface area (Å²) in [4.78, 5) is 26.0. The predicted molar refractivity (Wildman–Crippen MR) is 69.0 cm³/mol. The normalized spacial score (nSPS) is 19.2. The Morgan fingerprint density at radius 1 is 1.22 bits per heavy atom. The number of amides is 1. The van der Waals surface area contributed by atoms with Crippen LogP contribution >= 0.6 is 11.8 Å². The number of pyridine rings is 1. The van der Waals surface area contributed by atoms with Crippen LogP contribution in [-0.4, -0.2) is 26.6 Å². The standard InChI is InChI=1S/C12H10N4OS/c17-11-8-18-12(9-2-1-3-13-6-9)16(11)10-7-14-4-5-15-10/h1-7,12H,8H2. The fourth-order valence-corrected chi connectivity index (χ4v) is 3.00. The third-order valence-electron chi connectivity index (χ3n) is 2.63. The van der Waals surface area contributed by atoms with Crippen molar-refractivity contribution >= 4 is 23.5 Å². The number of hydrogen-bond donors (Lipinski definition) is 0. The number of thioether (sulfide) groups is 1. The molecule has 90 valence electrons. The maximum atomic E-state index is 12.0. The molecule has 18 heavy (non-hydrogen) atoms. The number of carbonyl (C=O) groups excluding carboxylic acids is 1. The maximum absolute atomic E-state index is 12.0. The summed E-state index contributed by atoms with van der Waals surface area (Å²) in [6.45, 7) is 0. The summed E-state index contributed by atoms with van der Waals surface area (Å²) in [6, 6.07) is 3.83. The fraction of sp³-hybridized carbons (Fsp3) is 0.167. The molecule has 0 aromatic carbocycles. The van der Waals surface area contributed by atoms with Crippen molar-refractivity contribution in [3.63, 3.8) is 0 Å². The lowest BCUT2D eigenvalue weighted by Gasteiger charge is -2.22. The first-order valence-electron chi connectivity index (χ1n) is 5.46. The van der Waals surface area contributed by atoms with E-state index in [1.165, 1.54) is 0 Å². The lowest BCUT2D eigenvalue weighted by atomic mass is 10.2. The van der Waals surface area contributed by atoms with Gasteiger partial charge in [0.05, 0.1) is 11.9 Å². The van der Waals surface area contributed by atoms with Gasteiger partial charge in [0, 0.05) is 30.4 Å². The van der Waals surface area contributed by atoms with Crippen LogP contribution in [0.2, 0.25) is 0 Å². The van der Waals surface area contributed by atoms with Crippen molar-refractivity contribution in [1.82, 2.24) is 15.0 Å². The topological polar surface area (TPSA) is 59.0 Å². The summed E-state index contributed by atoms with van der Waals surface area (Å²) in [5.41, 5.74) is 0.999. The van der Waals surface area contributed by atoms with E-state index >= 15 is 0 Å². The van der Waals surface area contributed by atoms with Gasteiger partial charge >= 0.3 is 0 Å². The molecule has 0 N–H and O–H groups in total. The van der Waals surface area contributed by atoms with Gasteiger partial charge in [0.1, 0.15) is 5.37 Å². The Bertz CT molecular complexity index is 549. The molecule has 2 aromatic rings. The number of hydrogen-bond acceptors (Lipinski definition) is 5. The molecule has 0 spiro atoms. The number of carbonyl (C=O) groups is 1. The SMILES string of the molecule is O=C1CSC(c2cccnc2)N1c1cnccn1. The third-order valence-corrected chi connectivity index (χ3v) is 3.85. The van der Waals surface area contributed by atoms with Gasteiger partial charge in [0.15, 0.2) is 5.82 Å². The summed E-state index contributed by atoms with van der Waals surface area (Å²) in [5, 5.41) is -0.0668. The Hall–Kier alpha value is -1.95. The number of anilines is 1. The van der Waals surface area contributed by atoms with Crippen LogP contribution in [0.5, 0.6) is 0 Å². The van der Waals surface area contributed by atoms with Crippen LogP contribution in [0.3, 0.4) is 0 Å². The minimum atomic E-state index is -0.0668. The predicted octanol–water partition coefficient (Wildman–Crippen LogP) is 1.65. The van der Waals surface area contributed by atoms with Crippen molar-refractivity contribution in [2.75, 3.05) is 10.7 Å². The van der Waals surface area contributed by atoms with E-state index < -0.39 is 0 Å². The van der Waals surface area contributed by atoms with E-state index in [-0.39, 0.29) is 11.3 Å². The highest BCUT2D eigenvalue weighted by molar-refractivity contribution is 8.00. The Kier molecular flexibility index (Phi) is 2.93. The van der Waals surface area contributed by atoms with Crippen molar-refractivity contribution < 1.29 is 4.79 Å². The summed E-state index contributed by atoms with van der Waals surface area (Å²) < 4.78 is 0. The van der Waals surface area contributed by atoms with Gasteiger partial charge in [-0.3, -0.25) is 19.7 Å². The van der Waals surface area contributed by atoms with E-state index in [2.05, 4.69) is 15.0 Å². The zero-order chi connectivity index (χ0) is 12.4. The van der Waals surface area contributed by atoms with Crippen LogP contribution in [-0.2, 0) is 4.79 Å². The van der Waals surface area contributed by atoms with Gasteiger partial charge in [-0.2, -0.15) is 0 Å². The molecule has 0 aliphatic carbocycles. The molecule has 1 fully saturated rings.